The van der Waals surface area contributed by atoms with Gasteiger partial charge in [-0.3, -0.25) is 4.90 Å². The van der Waals surface area contributed by atoms with Gasteiger partial charge in [0.2, 0.25) is 0 Å². The van der Waals surface area contributed by atoms with Crippen molar-refractivity contribution in [3.05, 3.63) is 20.8 Å². The van der Waals surface area contributed by atoms with Gasteiger partial charge in [-0.15, -0.1) is 11.3 Å². The van der Waals surface area contributed by atoms with Gasteiger partial charge in [0.1, 0.15) is 0 Å². The molecule has 17 heavy (non-hydrogen) atoms. The van der Waals surface area contributed by atoms with Crippen LogP contribution in [0, 0.1) is 5.92 Å². The minimum absolute atomic E-state index is 0.798. The Morgan fingerprint density at radius 3 is 3.24 bits per heavy atom. The van der Waals surface area contributed by atoms with Crippen molar-refractivity contribution in [2.24, 2.45) is 5.92 Å². The highest BCUT2D eigenvalue weighted by molar-refractivity contribution is 9.10. The van der Waals surface area contributed by atoms with Crippen molar-refractivity contribution in [3.8, 4) is 0 Å². The number of hydrogen-bond donors (Lipinski definition) is 1. The lowest BCUT2D eigenvalue weighted by atomic mass is 9.85. The van der Waals surface area contributed by atoms with E-state index in [9.17, 15) is 0 Å². The molecule has 2 saturated heterocycles. The molecule has 0 aromatic carbocycles. The summed E-state index contributed by atoms with van der Waals surface area (Å²) < 4.78 is 1.28. The Morgan fingerprint density at radius 2 is 2.41 bits per heavy atom. The molecule has 0 bridgehead atoms. The van der Waals surface area contributed by atoms with Gasteiger partial charge in [0.25, 0.3) is 0 Å². The third-order valence-electron chi connectivity index (χ3n) is 4.03. The van der Waals surface area contributed by atoms with Gasteiger partial charge in [-0.2, -0.15) is 0 Å². The van der Waals surface area contributed by atoms with Gasteiger partial charge in [0.15, 0.2) is 0 Å². The van der Waals surface area contributed by atoms with Crippen LogP contribution in [-0.4, -0.2) is 30.6 Å². The number of piperidine rings is 2. The fourth-order valence-corrected chi connectivity index (χ4v) is 4.62. The molecule has 0 spiro atoms. The van der Waals surface area contributed by atoms with E-state index in [0.717, 1.165) is 18.5 Å². The lowest BCUT2D eigenvalue weighted by Crippen LogP contribution is -2.51. The zero-order chi connectivity index (χ0) is 11.7. The van der Waals surface area contributed by atoms with Crippen molar-refractivity contribution in [2.45, 2.75) is 31.8 Å². The summed E-state index contributed by atoms with van der Waals surface area (Å²) in [6, 6.07) is 2.96. The number of nitrogens with one attached hydrogen (secondary N) is 1. The van der Waals surface area contributed by atoms with Crippen molar-refractivity contribution in [2.75, 3.05) is 19.6 Å². The third-order valence-corrected chi connectivity index (χ3v) is 5.95. The van der Waals surface area contributed by atoms with Gasteiger partial charge in [0, 0.05) is 35.0 Å². The maximum atomic E-state index is 3.68. The van der Waals surface area contributed by atoms with Gasteiger partial charge >= 0.3 is 0 Å². The second-order valence-corrected chi connectivity index (χ2v) is 7.03. The molecule has 0 saturated carbocycles. The Kier molecular flexibility index (Phi) is 3.85. The first kappa shape index (κ1) is 12.2. The molecule has 2 fully saturated rings. The van der Waals surface area contributed by atoms with E-state index < -0.39 is 0 Å². The Hall–Kier alpha value is 0.1000. The van der Waals surface area contributed by atoms with E-state index in [1.807, 2.05) is 11.3 Å². The quantitative estimate of drug-likeness (QED) is 0.902. The molecule has 0 aliphatic carbocycles. The fourth-order valence-electron chi connectivity index (χ4n) is 3.11. The van der Waals surface area contributed by atoms with Crippen LogP contribution in [0.3, 0.4) is 0 Å². The molecule has 1 N–H and O–H groups in total. The lowest BCUT2D eigenvalue weighted by Gasteiger charge is -2.41. The van der Waals surface area contributed by atoms with Gasteiger partial charge < -0.3 is 5.32 Å². The standard InChI is InChI=1S/C13H19BrN2S/c14-11-4-7-17-13(11)9-16-6-3-12-10(8-16)2-1-5-15-12/h4,7,10,12,15H,1-3,5-6,8-9H2. The van der Waals surface area contributed by atoms with Crippen molar-refractivity contribution in [3.63, 3.8) is 0 Å². The minimum Gasteiger partial charge on any atom is -0.314 e. The molecule has 3 heterocycles. The van der Waals surface area contributed by atoms with E-state index in [-0.39, 0.29) is 0 Å². The second kappa shape index (κ2) is 5.39. The lowest BCUT2D eigenvalue weighted by molar-refractivity contribution is 0.109. The zero-order valence-electron chi connectivity index (χ0n) is 9.99. The molecule has 2 unspecified atom stereocenters. The highest BCUT2D eigenvalue weighted by Gasteiger charge is 2.30. The summed E-state index contributed by atoms with van der Waals surface area (Å²) >= 11 is 5.50. The minimum atomic E-state index is 0.798. The molecule has 0 radical (unpaired) electrons. The summed E-state index contributed by atoms with van der Waals surface area (Å²) in [5.41, 5.74) is 0. The first-order chi connectivity index (χ1) is 8.33. The Bertz CT molecular complexity index is 379. The molecule has 2 nitrogen and oxygen atoms in total. The van der Waals surface area contributed by atoms with Crippen molar-refractivity contribution < 1.29 is 0 Å². The van der Waals surface area contributed by atoms with Crippen LogP contribution in [0.15, 0.2) is 15.9 Å². The van der Waals surface area contributed by atoms with Crippen LogP contribution in [0.2, 0.25) is 0 Å². The highest BCUT2D eigenvalue weighted by Crippen LogP contribution is 2.29. The number of halogens is 1. The number of thiophene rings is 1. The van der Waals surface area contributed by atoms with Crippen LogP contribution >= 0.6 is 27.3 Å². The number of nitrogens with zero attached hydrogens (tertiary/aromatic N) is 1. The summed E-state index contributed by atoms with van der Waals surface area (Å²) in [5.74, 6) is 0.885. The van der Waals surface area contributed by atoms with Gasteiger partial charge in [-0.05, 0) is 59.1 Å². The fraction of sp³-hybridized carbons (Fsp3) is 0.692. The molecule has 1 aromatic rings. The van der Waals surface area contributed by atoms with Crippen LogP contribution in [0.1, 0.15) is 24.1 Å². The normalized spacial score (nSPS) is 30.2. The molecule has 2 atom stereocenters. The summed E-state index contributed by atoms with van der Waals surface area (Å²) in [6.45, 7) is 4.89. The van der Waals surface area contributed by atoms with Crippen LogP contribution in [0.4, 0.5) is 0 Å². The molecule has 4 heteroatoms. The van der Waals surface area contributed by atoms with E-state index in [4.69, 9.17) is 0 Å². The van der Waals surface area contributed by atoms with E-state index in [0.29, 0.717) is 0 Å². The van der Waals surface area contributed by atoms with Crippen molar-refractivity contribution in [1.29, 1.82) is 0 Å². The van der Waals surface area contributed by atoms with Crippen LogP contribution in [-0.2, 0) is 6.54 Å². The van der Waals surface area contributed by atoms with E-state index in [2.05, 4.69) is 37.6 Å². The molecular weight excluding hydrogens is 296 g/mol. The molecular formula is C13H19BrN2S. The highest BCUT2D eigenvalue weighted by atomic mass is 79.9. The first-order valence-electron chi connectivity index (χ1n) is 6.50. The van der Waals surface area contributed by atoms with E-state index in [1.165, 1.54) is 48.2 Å². The molecule has 2 aliphatic heterocycles. The van der Waals surface area contributed by atoms with Crippen LogP contribution < -0.4 is 5.32 Å². The summed E-state index contributed by atoms with van der Waals surface area (Å²) in [7, 11) is 0. The Labute approximate surface area is 116 Å². The number of likely N-dealkylation sites (tertiary alicyclic amines) is 1. The molecule has 94 valence electrons. The van der Waals surface area contributed by atoms with E-state index >= 15 is 0 Å². The topological polar surface area (TPSA) is 15.3 Å². The van der Waals surface area contributed by atoms with Gasteiger partial charge in [0.05, 0.1) is 0 Å². The largest absolute Gasteiger partial charge is 0.314 e. The predicted molar refractivity (Wildman–Crippen MR) is 76.4 cm³/mol. The van der Waals surface area contributed by atoms with Crippen molar-refractivity contribution >= 4 is 27.3 Å². The molecule has 1 aromatic heterocycles. The average Bonchev–Trinajstić information content (AvgIpc) is 2.75. The third kappa shape index (κ3) is 2.75. The van der Waals surface area contributed by atoms with Gasteiger partial charge in [-0.25, -0.2) is 0 Å². The maximum absolute atomic E-state index is 3.68. The smallest absolute Gasteiger partial charge is 0.0339 e. The Balaban J connectivity index is 1.60. The summed E-state index contributed by atoms with van der Waals surface area (Å²) in [5, 5.41) is 5.85. The second-order valence-electron chi connectivity index (χ2n) is 5.18. The first-order valence-corrected chi connectivity index (χ1v) is 8.18. The number of hydrogen-bond acceptors (Lipinski definition) is 3. The SMILES string of the molecule is Brc1ccsc1CN1CCC2NCCCC2C1. The Morgan fingerprint density at radius 1 is 1.47 bits per heavy atom. The number of rotatable bonds is 2. The maximum Gasteiger partial charge on any atom is 0.0339 e. The van der Waals surface area contributed by atoms with Crippen LogP contribution in [0.25, 0.3) is 0 Å². The summed E-state index contributed by atoms with van der Waals surface area (Å²) in [6.07, 6.45) is 4.10. The molecule has 3 rings (SSSR count). The molecule has 2 aliphatic rings. The van der Waals surface area contributed by atoms with Crippen molar-refractivity contribution in [1.82, 2.24) is 10.2 Å². The molecule has 0 amide bonds. The number of fused-ring (bicyclic) bond motifs is 1. The summed E-state index contributed by atoms with van der Waals surface area (Å²) in [4.78, 5) is 4.11. The average molecular weight is 315 g/mol. The predicted octanol–water partition coefficient (Wildman–Crippen LogP) is 3.08. The monoisotopic (exact) mass is 314 g/mol. The zero-order valence-corrected chi connectivity index (χ0v) is 12.4. The van der Waals surface area contributed by atoms with Gasteiger partial charge in [-0.1, -0.05) is 0 Å². The van der Waals surface area contributed by atoms with Crippen LogP contribution in [0.5, 0.6) is 0 Å². The van der Waals surface area contributed by atoms with E-state index in [1.54, 1.807) is 0 Å².